The summed E-state index contributed by atoms with van der Waals surface area (Å²) in [7, 11) is 1.51. The summed E-state index contributed by atoms with van der Waals surface area (Å²) in [4.78, 5) is 41.1. The third-order valence-corrected chi connectivity index (χ3v) is 4.86. The topological polar surface area (TPSA) is 115 Å². The third kappa shape index (κ3) is 6.93. The van der Waals surface area contributed by atoms with Crippen LogP contribution in [-0.2, 0) is 14.3 Å². The van der Waals surface area contributed by atoms with Crippen molar-refractivity contribution in [1.82, 2.24) is 4.90 Å². The molecular weight excluding hydrogens is 416 g/mol. The van der Waals surface area contributed by atoms with Gasteiger partial charge in [0, 0.05) is 44.5 Å². The number of nitrogens with two attached hydrogens (primary N) is 1. The number of carbonyl (C=O) groups is 3. The fourth-order valence-electron chi connectivity index (χ4n) is 3.35. The first-order valence-corrected chi connectivity index (χ1v) is 10.7. The molecule has 32 heavy (non-hydrogen) atoms. The van der Waals surface area contributed by atoms with Crippen molar-refractivity contribution >= 4 is 29.5 Å². The van der Waals surface area contributed by atoms with E-state index in [1.165, 1.54) is 12.0 Å². The number of hydrogen-bond donors (Lipinski definition) is 1. The molecule has 0 saturated carbocycles. The number of ether oxygens (including phenoxy) is 3. The summed E-state index contributed by atoms with van der Waals surface area (Å²) in [6, 6.07) is 4.73. The van der Waals surface area contributed by atoms with Crippen LogP contribution < -0.4 is 20.3 Å². The summed E-state index contributed by atoms with van der Waals surface area (Å²) in [5.41, 5.74) is 6.37. The molecule has 0 aliphatic carbocycles. The van der Waals surface area contributed by atoms with Crippen LogP contribution in [0.25, 0.3) is 0 Å². The van der Waals surface area contributed by atoms with E-state index in [0.29, 0.717) is 37.6 Å². The molecule has 10 nitrogen and oxygen atoms in total. The van der Waals surface area contributed by atoms with Crippen LogP contribution in [-0.4, -0.2) is 75.0 Å². The second-order valence-corrected chi connectivity index (χ2v) is 8.36. The molecule has 1 aliphatic rings. The molecule has 2 rings (SSSR count). The molecule has 0 spiro atoms. The van der Waals surface area contributed by atoms with E-state index in [0.717, 1.165) is 5.69 Å². The number of hydrogen-bond acceptors (Lipinski definition) is 7. The maximum atomic E-state index is 12.3. The standard InChI is InChI=1S/C22H34N4O6/c1-6-31-19(27)9-10-26(20(23)28)17-8-7-16(15-18(17)30-5)24-11-13-25(14-12-24)21(29)32-22(2,3)4/h7-8,15H,6,9-14H2,1-5H3,(H2,23,28). The van der Waals surface area contributed by atoms with Crippen LogP contribution in [0.2, 0.25) is 0 Å². The fourth-order valence-corrected chi connectivity index (χ4v) is 3.35. The van der Waals surface area contributed by atoms with Gasteiger partial charge in [-0.1, -0.05) is 0 Å². The predicted molar refractivity (Wildman–Crippen MR) is 121 cm³/mol. The summed E-state index contributed by atoms with van der Waals surface area (Å²) in [5.74, 6) is 0.0527. The molecule has 10 heteroatoms. The molecule has 178 valence electrons. The van der Waals surface area contributed by atoms with Crippen molar-refractivity contribution in [2.75, 3.05) is 56.2 Å². The second kappa shape index (κ2) is 10.9. The summed E-state index contributed by atoms with van der Waals surface area (Å²) in [5, 5.41) is 0. The highest BCUT2D eigenvalue weighted by molar-refractivity contribution is 5.93. The van der Waals surface area contributed by atoms with Crippen LogP contribution in [0.1, 0.15) is 34.1 Å². The minimum atomic E-state index is -0.689. The summed E-state index contributed by atoms with van der Waals surface area (Å²) in [6.07, 6.45) is -0.294. The lowest BCUT2D eigenvalue weighted by molar-refractivity contribution is -0.142. The molecule has 0 unspecified atom stereocenters. The molecule has 1 fully saturated rings. The normalized spacial score (nSPS) is 14.0. The number of urea groups is 1. The highest BCUT2D eigenvalue weighted by Crippen LogP contribution is 2.33. The zero-order valence-electron chi connectivity index (χ0n) is 19.6. The van der Waals surface area contributed by atoms with Crippen LogP contribution in [0.4, 0.5) is 21.0 Å². The van der Waals surface area contributed by atoms with E-state index in [9.17, 15) is 14.4 Å². The number of primary amides is 1. The first-order valence-electron chi connectivity index (χ1n) is 10.7. The van der Waals surface area contributed by atoms with Gasteiger partial charge in [-0.3, -0.25) is 9.69 Å². The molecule has 0 bridgehead atoms. The summed E-state index contributed by atoms with van der Waals surface area (Å²) < 4.78 is 15.9. The molecule has 0 aromatic heterocycles. The predicted octanol–water partition coefficient (Wildman–Crippen LogP) is 2.59. The smallest absolute Gasteiger partial charge is 0.410 e. The Balaban J connectivity index is 2.09. The van der Waals surface area contributed by atoms with Gasteiger partial charge in [-0.25, -0.2) is 9.59 Å². The Hall–Kier alpha value is -3.17. The number of anilines is 2. The minimum Gasteiger partial charge on any atom is -0.494 e. The quantitative estimate of drug-likeness (QED) is 0.635. The Morgan fingerprint density at radius 1 is 1.12 bits per heavy atom. The lowest BCUT2D eigenvalue weighted by Crippen LogP contribution is -2.50. The van der Waals surface area contributed by atoms with Crippen molar-refractivity contribution < 1.29 is 28.6 Å². The van der Waals surface area contributed by atoms with Crippen molar-refractivity contribution in [1.29, 1.82) is 0 Å². The van der Waals surface area contributed by atoms with Crippen LogP contribution in [0.5, 0.6) is 5.75 Å². The van der Waals surface area contributed by atoms with E-state index in [1.807, 2.05) is 32.9 Å². The number of nitrogens with zero attached hydrogens (tertiary/aromatic N) is 3. The highest BCUT2D eigenvalue weighted by Gasteiger charge is 2.27. The highest BCUT2D eigenvalue weighted by atomic mass is 16.6. The van der Waals surface area contributed by atoms with E-state index < -0.39 is 17.6 Å². The third-order valence-electron chi connectivity index (χ3n) is 4.86. The van der Waals surface area contributed by atoms with E-state index in [1.54, 1.807) is 17.9 Å². The lowest BCUT2D eigenvalue weighted by atomic mass is 10.2. The lowest BCUT2D eigenvalue weighted by Gasteiger charge is -2.37. The molecule has 0 radical (unpaired) electrons. The number of esters is 1. The molecule has 1 heterocycles. The Bertz CT molecular complexity index is 815. The molecule has 0 atom stereocenters. The number of piperazine rings is 1. The second-order valence-electron chi connectivity index (χ2n) is 8.36. The van der Waals surface area contributed by atoms with Gasteiger partial charge in [0.15, 0.2) is 0 Å². The molecule has 2 N–H and O–H groups in total. The van der Waals surface area contributed by atoms with Gasteiger partial charge in [0.05, 0.1) is 25.8 Å². The van der Waals surface area contributed by atoms with Crippen molar-refractivity contribution in [3.05, 3.63) is 18.2 Å². The Morgan fingerprint density at radius 2 is 1.78 bits per heavy atom. The Kier molecular flexibility index (Phi) is 8.56. The van der Waals surface area contributed by atoms with Crippen molar-refractivity contribution in [3.8, 4) is 5.75 Å². The maximum Gasteiger partial charge on any atom is 0.410 e. The minimum absolute atomic E-state index is 0.0221. The van der Waals surface area contributed by atoms with E-state index in [-0.39, 0.29) is 25.7 Å². The van der Waals surface area contributed by atoms with Gasteiger partial charge in [-0.05, 0) is 39.8 Å². The van der Waals surface area contributed by atoms with Gasteiger partial charge in [0.25, 0.3) is 0 Å². The van der Waals surface area contributed by atoms with Crippen LogP contribution >= 0.6 is 0 Å². The Morgan fingerprint density at radius 3 is 2.31 bits per heavy atom. The van der Waals surface area contributed by atoms with Crippen molar-refractivity contribution in [3.63, 3.8) is 0 Å². The number of benzene rings is 1. The average Bonchev–Trinajstić information content (AvgIpc) is 2.73. The van der Waals surface area contributed by atoms with Crippen LogP contribution in [0.3, 0.4) is 0 Å². The molecule has 3 amide bonds. The van der Waals surface area contributed by atoms with Gasteiger partial charge in [0.1, 0.15) is 11.4 Å². The average molecular weight is 451 g/mol. The zero-order chi connectivity index (χ0) is 23.9. The summed E-state index contributed by atoms with van der Waals surface area (Å²) in [6.45, 7) is 9.93. The molecule has 1 saturated heterocycles. The van der Waals surface area contributed by atoms with Gasteiger partial charge in [0.2, 0.25) is 0 Å². The Labute approximate surface area is 189 Å². The van der Waals surface area contributed by atoms with E-state index >= 15 is 0 Å². The number of carbonyl (C=O) groups excluding carboxylic acids is 3. The summed E-state index contributed by atoms with van der Waals surface area (Å²) >= 11 is 0. The van der Waals surface area contributed by atoms with Crippen LogP contribution in [0, 0.1) is 0 Å². The van der Waals surface area contributed by atoms with E-state index in [4.69, 9.17) is 19.9 Å². The van der Waals surface area contributed by atoms with Crippen LogP contribution in [0.15, 0.2) is 18.2 Å². The molecule has 1 aliphatic heterocycles. The molecule has 1 aromatic carbocycles. The van der Waals surface area contributed by atoms with Crippen molar-refractivity contribution in [2.45, 2.75) is 39.7 Å². The van der Waals surface area contributed by atoms with Gasteiger partial charge >= 0.3 is 18.1 Å². The first kappa shape index (κ1) is 25.1. The number of rotatable bonds is 7. The molecular formula is C22H34N4O6. The SMILES string of the molecule is CCOC(=O)CCN(C(N)=O)c1ccc(N2CCN(C(=O)OC(C)(C)C)CC2)cc1OC. The first-order chi connectivity index (χ1) is 15.1. The van der Waals surface area contributed by atoms with Gasteiger partial charge < -0.3 is 29.7 Å². The van der Waals surface area contributed by atoms with Gasteiger partial charge in [-0.15, -0.1) is 0 Å². The molecule has 1 aromatic rings. The number of amides is 3. The number of methoxy groups -OCH3 is 1. The fraction of sp³-hybridized carbons (Fsp3) is 0.591. The monoisotopic (exact) mass is 450 g/mol. The largest absolute Gasteiger partial charge is 0.494 e. The van der Waals surface area contributed by atoms with E-state index in [2.05, 4.69) is 4.90 Å². The zero-order valence-corrected chi connectivity index (χ0v) is 19.6. The van der Waals surface area contributed by atoms with Gasteiger partial charge in [-0.2, -0.15) is 0 Å². The maximum absolute atomic E-state index is 12.3. The van der Waals surface area contributed by atoms with Crippen molar-refractivity contribution in [2.24, 2.45) is 5.73 Å².